The highest BCUT2D eigenvalue weighted by Gasteiger charge is 2.83. The second-order valence-corrected chi connectivity index (χ2v) is 9.61. The Morgan fingerprint density at radius 1 is 1.26 bits per heavy atom. The number of hydrogen-bond donors (Lipinski definition) is 2. The summed E-state index contributed by atoms with van der Waals surface area (Å²) in [6.07, 6.45) is 6.22. The molecule has 3 aliphatic heterocycles. The Labute approximate surface area is 160 Å². The first-order valence-corrected chi connectivity index (χ1v) is 10.4. The fourth-order valence-corrected chi connectivity index (χ4v) is 8.59. The molecule has 5 heteroatoms. The van der Waals surface area contributed by atoms with Crippen molar-refractivity contribution in [1.82, 2.24) is 4.90 Å². The number of nitrogens with zero attached hydrogens (tertiary/aromatic N) is 1. The van der Waals surface area contributed by atoms with Crippen molar-refractivity contribution in [3.63, 3.8) is 0 Å². The van der Waals surface area contributed by atoms with Crippen LogP contribution in [0.15, 0.2) is 24.3 Å². The number of para-hydroxylation sites is 1. The molecule has 5 unspecified atom stereocenters. The Kier molecular flexibility index (Phi) is 2.95. The van der Waals surface area contributed by atoms with E-state index < -0.39 is 11.0 Å². The summed E-state index contributed by atoms with van der Waals surface area (Å²) in [5.41, 5.74) is 1.19. The van der Waals surface area contributed by atoms with Crippen LogP contribution in [0, 0.1) is 10.8 Å². The lowest BCUT2D eigenvalue weighted by molar-refractivity contribution is -0.206. The van der Waals surface area contributed by atoms with E-state index in [1.165, 1.54) is 19.1 Å². The number of rotatable bonds is 2. The van der Waals surface area contributed by atoms with Gasteiger partial charge < -0.3 is 15.2 Å². The van der Waals surface area contributed by atoms with Gasteiger partial charge in [-0.25, -0.2) is 0 Å². The molecule has 6 aliphatic rings. The number of fused-ring (bicyclic) bond motifs is 3. The first-order valence-electron chi connectivity index (χ1n) is 10.4. The summed E-state index contributed by atoms with van der Waals surface area (Å²) in [6, 6.07) is 9.09. The molecule has 2 saturated heterocycles. The summed E-state index contributed by atoms with van der Waals surface area (Å²) in [6.45, 7) is 2.11. The van der Waals surface area contributed by atoms with Gasteiger partial charge in [-0.15, -0.1) is 0 Å². The molecule has 1 aromatic rings. The van der Waals surface area contributed by atoms with Crippen LogP contribution in [-0.2, 0) is 14.9 Å². The maximum Gasteiger partial charge on any atom is 0.316 e. The molecule has 5 atom stereocenters. The number of hydrogen-bond acceptors (Lipinski definition) is 5. The minimum atomic E-state index is -0.872. The number of anilines is 1. The van der Waals surface area contributed by atoms with Crippen LogP contribution in [0.5, 0.6) is 0 Å². The Balaban J connectivity index is 1.69. The van der Waals surface area contributed by atoms with E-state index in [1.807, 2.05) is 0 Å². The Morgan fingerprint density at radius 3 is 2.93 bits per heavy atom. The lowest BCUT2D eigenvalue weighted by Gasteiger charge is -2.72. The summed E-state index contributed by atoms with van der Waals surface area (Å²) in [7, 11) is 1.48. The van der Waals surface area contributed by atoms with Gasteiger partial charge in [0.25, 0.3) is 0 Å². The molecule has 27 heavy (non-hydrogen) atoms. The summed E-state index contributed by atoms with van der Waals surface area (Å²) in [4.78, 5) is 16.0. The predicted molar refractivity (Wildman–Crippen MR) is 102 cm³/mol. The van der Waals surface area contributed by atoms with E-state index in [4.69, 9.17) is 4.74 Å². The van der Waals surface area contributed by atoms with E-state index in [1.54, 1.807) is 0 Å². The van der Waals surface area contributed by atoms with Gasteiger partial charge in [-0.3, -0.25) is 9.69 Å². The van der Waals surface area contributed by atoms with Crippen LogP contribution < -0.4 is 5.32 Å². The van der Waals surface area contributed by atoms with Gasteiger partial charge in [0.2, 0.25) is 0 Å². The van der Waals surface area contributed by atoms with Gasteiger partial charge in [-0.1, -0.05) is 18.2 Å². The van der Waals surface area contributed by atoms with Crippen LogP contribution >= 0.6 is 0 Å². The highest BCUT2D eigenvalue weighted by molar-refractivity contribution is 5.85. The van der Waals surface area contributed by atoms with E-state index in [0.717, 1.165) is 50.9 Å². The van der Waals surface area contributed by atoms with Gasteiger partial charge >= 0.3 is 5.97 Å². The third-order valence-corrected chi connectivity index (χ3v) is 9.16. The van der Waals surface area contributed by atoms with Crippen molar-refractivity contribution in [2.75, 3.05) is 32.1 Å². The summed E-state index contributed by atoms with van der Waals surface area (Å²) in [5, 5.41) is 14.6. The van der Waals surface area contributed by atoms with Crippen molar-refractivity contribution in [3.8, 4) is 0 Å². The lowest BCUT2D eigenvalue weighted by atomic mass is 9.34. The molecule has 5 nitrogen and oxygen atoms in total. The van der Waals surface area contributed by atoms with Crippen molar-refractivity contribution in [3.05, 3.63) is 29.8 Å². The van der Waals surface area contributed by atoms with Gasteiger partial charge in [0.15, 0.2) is 0 Å². The van der Waals surface area contributed by atoms with Crippen LogP contribution in [0.4, 0.5) is 5.69 Å². The van der Waals surface area contributed by atoms with Crippen LogP contribution in [0.1, 0.15) is 44.1 Å². The molecule has 2 bridgehead atoms. The second kappa shape index (κ2) is 4.87. The highest BCUT2D eigenvalue weighted by Crippen LogP contribution is 2.77. The van der Waals surface area contributed by atoms with E-state index in [-0.39, 0.29) is 23.4 Å². The number of nitrogens with one attached hydrogen (secondary N) is 1. The average molecular weight is 368 g/mol. The quantitative estimate of drug-likeness (QED) is 0.785. The summed E-state index contributed by atoms with van der Waals surface area (Å²) < 4.78 is 5.37. The van der Waals surface area contributed by atoms with Crippen LogP contribution in [0.3, 0.4) is 0 Å². The molecule has 2 N–H and O–H groups in total. The maximum absolute atomic E-state index is 13.3. The van der Waals surface area contributed by atoms with Crippen molar-refractivity contribution < 1.29 is 14.6 Å². The number of methoxy groups -OCH3 is 1. The zero-order valence-electron chi connectivity index (χ0n) is 16.0. The minimum absolute atomic E-state index is 0.104. The third-order valence-electron chi connectivity index (χ3n) is 9.16. The van der Waals surface area contributed by atoms with Crippen LogP contribution in [0.2, 0.25) is 0 Å². The lowest BCUT2D eigenvalue weighted by Crippen LogP contribution is -2.81. The minimum Gasteiger partial charge on any atom is -0.468 e. The monoisotopic (exact) mass is 368 g/mol. The zero-order valence-corrected chi connectivity index (χ0v) is 16.0. The first-order chi connectivity index (χ1) is 13.1. The molecule has 1 aromatic carbocycles. The number of carbonyl (C=O) groups is 1. The van der Waals surface area contributed by atoms with E-state index >= 15 is 0 Å². The molecule has 3 aliphatic carbocycles. The second-order valence-electron chi connectivity index (χ2n) is 9.61. The smallest absolute Gasteiger partial charge is 0.316 e. The maximum atomic E-state index is 13.3. The van der Waals surface area contributed by atoms with Gasteiger partial charge in [-0.05, 0) is 68.7 Å². The number of benzene rings is 1. The highest BCUT2D eigenvalue weighted by atomic mass is 16.5. The van der Waals surface area contributed by atoms with Gasteiger partial charge in [0.1, 0.15) is 5.41 Å². The van der Waals surface area contributed by atoms with Crippen LogP contribution in [-0.4, -0.2) is 54.4 Å². The van der Waals surface area contributed by atoms with Crippen LogP contribution in [0.25, 0.3) is 0 Å². The topological polar surface area (TPSA) is 61.8 Å². The van der Waals surface area contributed by atoms with Gasteiger partial charge in [0, 0.05) is 17.1 Å². The Bertz CT molecular complexity index is 843. The molecule has 5 fully saturated rings. The molecule has 3 spiro atoms. The molecular formula is C22H28N2O3. The molecule has 7 rings (SSSR count). The van der Waals surface area contributed by atoms with E-state index in [0.29, 0.717) is 6.04 Å². The standard InChI is InChI=1S/C22H28N2O3/c1-27-18(26)20(14-25)13-19-7-4-11-24-12-10-21(17(19)24)15-5-2-3-6-16(15)23-22(20,21)9-8-19/h2-3,5-6,17,23,25H,4,7-14H2,1H3. The molecule has 144 valence electrons. The molecule has 3 heterocycles. The Morgan fingerprint density at radius 2 is 2.11 bits per heavy atom. The zero-order chi connectivity index (χ0) is 18.5. The van der Waals surface area contributed by atoms with E-state index in [2.05, 4.69) is 34.5 Å². The number of carbonyl (C=O) groups excluding carboxylic acids is 1. The van der Waals surface area contributed by atoms with E-state index in [9.17, 15) is 9.90 Å². The van der Waals surface area contributed by atoms with Gasteiger partial charge in [0.05, 0.1) is 19.3 Å². The number of piperidine rings is 1. The molecular weight excluding hydrogens is 340 g/mol. The third kappa shape index (κ3) is 1.47. The predicted octanol–water partition coefficient (Wildman–Crippen LogP) is 2.29. The number of esters is 1. The fourth-order valence-electron chi connectivity index (χ4n) is 8.59. The number of aliphatic hydroxyl groups excluding tert-OH is 1. The number of ether oxygens (including phenoxy) is 1. The van der Waals surface area contributed by atoms with Gasteiger partial charge in [-0.2, -0.15) is 0 Å². The molecule has 0 aromatic heterocycles. The summed E-state index contributed by atoms with van der Waals surface area (Å²) >= 11 is 0. The normalized spacial score (nSPS) is 46.4. The fraction of sp³-hybridized carbons (Fsp3) is 0.682. The molecule has 0 amide bonds. The van der Waals surface area contributed by atoms with Crippen molar-refractivity contribution in [2.24, 2.45) is 10.8 Å². The summed E-state index contributed by atoms with van der Waals surface area (Å²) in [5.74, 6) is -0.230. The van der Waals surface area contributed by atoms with Crippen molar-refractivity contribution in [1.29, 1.82) is 0 Å². The number of aliphatic hydroxyl groups is 1. The molecule has 3 saturated carbocycles. The van der Waals surface area contributed by atoms with Crippen molar-refractivity contribution in [2.45, 2.75) is 55.5 Å². The Hall–Kier alpha value is -1.59. The molecule has 0 radical (unpaired) electrons. The van der Waals surface area contributed by atoms with Crippen molar-refractivity contribution >= 4 is 11.7 Å². The first kappa shape index (κ1) is 16.4. The SMILES string of the molecule is COC(=O)C1(CO)CC23CCCN4CCC5(c6ccccc6NC15CC2)C43. The largest absolute Gasteiger partial charge is 0.468 e. The average Bonchev–Trinajstić information content (AvgIpc) is 3.25.